The highest BCUT2D eigenvalue weighted by Crippen LogP contribution is 2.36. The van der Waals surface area contributed by atoms with E-state index in [1.165, 1.54) is 44.5 Å². The largest absolute Gasteiger partial charge is 0.387 e. The fourth-order valence-electron chi connectivity index (χ4n) is 6.16. The van der Waals surface area contributed by atoms with Crippen molar-refractivity contribution < 1.29 is 0 Å². The zero-order valence-corrected chi connectivity index (χ0v) is 25.9. The van der Waals surface area contributed by atoms with Gasteiger partial charge in [-0.05, 0) is 76.1 Å². The Balaban J connectivity index is 0.00000168. The van der Waals surface area contributed by atoms with Crippen molar-refractivity contribution in [1.29, 1.82) is 0 Å². The number of fused-ring (bicyclic) bond motifs is 3. The lowest BCUT2D eigenvalue weighted by atomic mass is 9.88. The average Bonchev–Trinajstić information content (AvgIpc) is 3.28. The van der Waals surface area contributed by atoms with Gasteiger partial charge >= 0.3 is 0 Å². The van der Waals surface area contributed by atoms with Crippen LogP contribution in [0.15, 0.2) is 139 Å². The van der Waals surface area contributed by atoms with Gasteiger partial charge in [0.25, 0.3) is 0 Å². The Hall–Kier alpha value is -4.89. The predicted octanol–water partition coefficient (Wildman–Crippen LogP) is 9.38. The van der Waals surface area contributed by atoms with Crippen LogP contribution in [0.5, 0.6) is 0 Å². The number of dihydropyridines is 2. The molecular formula is C41H41N3. The van der Waals surface area contributed by atoms with E-state index in [-0.39, 0.29) is 6.04 Å². The smallest absolute Gasteiger partial charge is 0.0910 e. The molecule has 2 unspecified atom stereocenters. The second kappa shape index (κ2) is 13.6. The normalized spacial score (nSPS) is 22.6. The van der Waals surface area contributed by atoms with E-state index < -0.39 is 0 Å². The predicted molar refractivity (Wildman–Crippen MR) is 187 cm³/mol. The molecular weight excluding hydrogens is 534 g/mol. The third kappa shape index (κ3) is 6.09. The molecule has 3 nitrogen and oxygen atoms in total. The molecule has 7 rings (SSSR count). The zero-order valence-electron chi connectivity index (χ0n) is 25.9. The maximum atomic E-state index is 5.41. The molecule has 2 aliphatic carbocycles. The summed E-state index contributed by atoms with van der Waals surface area (Å²) in [5.74, 6) is 0.311. The molecule has 0 amide bonds. The number of rotatable bonds is 3. The number of nitrogens with one attached hydrogen (secondary N) is 2. The van der Waals surface area contributed by atoms with Crippen LogP contribution in [0.1, 0.15) is 78.4 Å². The SMILES string of the molecule is CC.CC1/C=C\C=C/C/C=C(/c2ccc3c(n2)C2=C(C=CC3)C=CC(c3ccc(C4=CCNC=C4)cc3)N2)c2ccccc21. The van der Waals surface area contributed by atoms with Crippen LogP contribution >= 0.6 is 0 Å². The van der Waals surface area contributed by atoms with Crippen molar-refractivity contribution in [2.45, 2.75) is 45.6 Å². The fraction of sp³-hybridized carbons (Fsp3) is 0.195. The van der Waals surface area contributed by atoms with E-state index >= 15 is 0 Å². The first kappa shape index (κ1) is 29.2. The number of nitrogens with zero attached hydrogens (tertiary/aromatic N) is 1. The lowest BCUT2D eigenvalue weighted by Crippen LogP contribution is -2.23. The molecule has 2 aliphatic heterocycles. The summed E-state index contributed by atoms with van der Waals surface area (Å²) in [6.45, 7) is 7.13. The summed E-state index contributed by atoms with van der Waals surface area (Å²) in [7, 11) is 0. The minimum absolute atomic E-state index is 0.0755. The highest BCUT2D eigenvalue weighted by atomic mass is 15.0. The van der Waals surface area contributed by atoms with Crippen LogP contribution in [0.2, 0.25) is 0 Å². The summed E-state index contributed by atoms with van der Waals surface area (Å²) in [6, 6.07) is 22.2. The molecule has 0 bridgehead atoms. The van der Waals surface area contributed by atoms with E-state index in [1.807, 2.05) is 20.0 Å². The number of allylic oxidation sites excluding steroid dienone is 11. The van der Waals surface area contributed by atoms with E-state index in [0.29, 0.717) is 5.92 Å². The topological polar surface area (TPSA) is 37.0 Å². The first-order valence-electron chi connectivity index (χ1n) is 15.9. The molecule has 2 N–H and O–H groups in total. The van der Waals surface area contributed by atoms with Gasteiger partial charge in [-0.3, -0.25) is 0 Å². The van der Waals surface area contributed by atoms with Crippen molar-refractivity contribution in [3.8, 4) is 0 Å². The summed E-state index contributed by atoms with van der Waals surface area (Å²) in [5, 5.41) is 7.09. The second-order valence-corrected chi connectivity index (χ2v) is 11.2. The van der Waals surface area contributed by atoms with Crippen molar-refractivity contribution in [2.24, 2.45) is 0 Å². The second-order valence-electron chi connectivity index (χ2n) is 11.2. The Bertz CT molecular complexity index is 1760. The van der Waals surface area contributed by atoms with Gasteiger partial charge in [0.2, 0.25) is 0 Å². The van der Waals surface area contributed by atoms with E-state index in [1.54, 1.807) is 0 Å². The number of aromatic nitrogens is 1. The Morgan fingerprint density at radius 1 is 0.818 bits per heavy atom. The summed E-state index contributed by atoms with van der Waals surface area (Å²) in [6.07, 6.45) is 28.2. The monoisotopic (exact) mass is 575 g/mol. The first-order chi connectivity index (χ1) is 21.7. The van der Waals surface area contributed by atoms with Crippen LogP contribution in [0.25, 0.3) is 16.8 Å². The molecule has 3 aromatic rings. The molecule has 0 spiro atoms. The molecule has 3 heterocycles. The zero-order chi connectivity index (χ0) is 30.3. The number of hydrogen-bond donors (Lipinski definition) is 2. The molecule has 220 valence electrons. The van der Waals surface area contributed by atoms with Gasteiger partial charge in [0, 0.05) is 12.1 Å². The van der Waals surface area contributed by atoms with Crippen LogP contribution in [-0.2, 0) is 6.42 Å². The Labute approximate surface area is 262 Å². The molecule has 4 aliphatic rings. The van der Waals surface area contributed by atoms with Crippen molar-refractivity contribution in [3.63, 3.8) is 0 Å². The van der Waals surface area contributed by atoms with Gasteiger partial charge in [-0.25, -0.2) is 4.98 Å². The Kier molecular flexibility index (Phi) is 9.03. The molecule has 0 fully saturated rings. The molecule has 2 aromatic carbocycles. The Morgan fingerprint density at radius 2 is 1.68 bits per heavy atom. The van der Waals surface area contributed by atoms with Gasteiger partial charge < -0.3 is 10.6 Å². The van der Waals surface area contributed by atoms with Crippen LogP contribution in [0.4, 0.5) is 0 Å². The van der Waals surface area contributed by atoms with Crippen LogP contribution in [0, 0.1) is 0 Å². The van der Waals surface area contributed by atoms with E-state index in [4.69, 9.17) is 4.98 Å². The summed E-state index contributed by atoms with van der Waals surface area (Å²) < 4.78 is 0. The molecule has 44 heavy (non-hydrogen) atoms. The summed E-state index contributed by atoms with van der Waals surface area (Å²) >= 11 is 0. The maximum absolute atomic E-state index is 5.41. The number of pyridine rings is 1. The van der Waals surface area contributed by atoms with Crippen molar-refractivity contribution in [3.05, 3.63) is 178 Å². The molecule has 0 saturated carbocycles. The standard InChI is InChI=1S/C39H35N3.C2H6/c1-27-9-4-2-3-5-14-35(34-13-7-6-12-33(27)34)37-22-20-32-11-8-10-31-19-21-36(41-38(31)39(32)42-37)30-17-15-28(16-18-30)29-23-25-40-26-24-29;1-2/h2-4,6-10,12-25,27,36,40-41H,5,11,26H2,1H3;1-2H3/b3-2-,9-4-,35-14+;. The van der Waals surface area contributed by atoms with E-state index in [0.717, 1.165) is 36.5 Å². The van der Waals surface area contributed by atoms with Gasteiger partial charge in [-0.15, -0.1) is 0 Å². The first-order valence-corrected chi connectivity index (χ1v) is 15.9. The molecule has 1 aromatic heterocycles. The van der Waals surface area contributed by atoms with Crippen LogP contribution < -0.4 is 10.6 Å². The van der Waals surface area contributed by atoms with E-state index in [9.17, 15) is 0 Å². The van der Waals surface area contributed by atoms with Crippen molar-refractivity contribution in [1.82, 2.24) is 15.6 Å². The maximum Gasteiger partial charge on any atom is 0.0910 e. The quantitative estimate of drug-likeness (QED) is 0.327. The fourth-order valence-corrected chi connectivity index (χ4v) is 6.16. The van der Waals surface area contributed by atoms with Crippen molar-refractivity contribution >= 4 is 16.8 Å². The van der Waals surface area contributed by atoms with Crippen LogP contribution in [0.3, 0.4) is 0 Å². The van der Waals surface area contributed by atoms with Gasteiger partial charge in [0.15, 0.2) is 0 Å². The van der Waals surface area contributed by atoms with Gasteiger partial charge in [-0.1, -0.05) is 136 Å². The van der Waals surface area contributed by atoms with Gasteiger partial charge in [0.1, 0.15) is 0 Å². The molecule has 3 heteroatoms. The number of hydrogen-bond acceptors (Lipinski definition) is 3. The van der Waals surface area contributed by atoms with E-state index in [2.05, 4.69) is 145 Å². The average molecular weight is 576 g/mol. The molecule has 0 saturated heterocycles. The van der Waals surface area contributed by atoms with Crippen molar-refractivity contribution in [2.75, 3.05) is 6.54 Å². The third-order valence-corrected chi connectivity index (χ3v) is 8.45. The summed E-state index contributed by atoms with van der Waals surface area (Å²) in [4.78, 5) is 5.41. The highest BCUT2D eigenvalue weighted by molar-refractivity contribution is 5.83. The molecule has 2 atom stereocenters. The summed E-state index contributed by atoms with van der Waals surface area (Å²) in [5.41, 5.74) is 13.1. The Morgan fingerprint density at radius 3 is 2.52 bits per heavy atom. The minimum atomic E-state index is 0.0755. The third-order valence-electron chi connectivity index (χ3n) is 8.45. The highest BCUT2D eigenvalue weighted by Gasteiger charge is 2.23. The number of benzene rings is 2. The molecule has 0 radical (unpaired) electrons. The minimum Gasteiger partial charge on any atom is -0.387 e. The lowest BCUT2D eigenvalue weighted by molar-refractivity contribution is 0.755. The van der Waals surface area contributed by atoms with Crippen LogP contribution in [-0.4, -0.2) is 11.5 Å². The van der Waals surface area contributed by atoms with Gasteiger partial charge in [-0.2, -0.15) is 0 Å². The lowest BCUT2D eigenvalue weighted by Gasteiger charge is -2.26. The van der Waals surface area contributed by atoms with Gasteiger partial charge in [0.05, 0.1) is 23.1 Å².